The van der Waals surface area contributed by atoms with Gasteiger partial charge in [0.25, 0.3) is 0 Å². The fourth-order valence-electron chi connectivity index (χ4n) is 4.88. The number of nitrogens with zero attached hydrogens (tertiary/aromatic N) is 2. The van der Waals surface area contributed by atoms with E-state index in [1.54, 1.807) is 6.92 Å². The maximum Gasteiger partial charge on any atom is 0.338 e. The number of benzene rings is 2. The van der Waals surface area contributed by atoms with Crippen molar-refractivity contribution < 1.29 is 19.1 Å². The van der Waals surface area contributed by atoms with Gasteiger partial charge in [-0.2, -0.15) is 0 Å². The Morgan fingerprint density at radius 3 is 2.41 bits per heavy atom. The topological polar surface area (TPSA) is 83.1 Å². The van der Waals surface area contributed by atoms with Crippen LogP contribution in [0.3, 0.4) is 0 Å². The van der Waals surface area contributed by atoms with Crippen LogP contribution >= 0.6 is 0 Å². The molecule has 0 spiro atoms. The fraction of sp³-hybridized carbons (Fsp3) is 0.448. The van der Waals surface area contributed by atoms with Crippen LogP contribution in [0.4, 0.5) is 10.5 Å². The summed E-state index contributed by atoms with van der Waals surface area (Å²) in [7, 11) is 0. The molecule has 2 heterocycles. The summed E-state index contributed by atoms with van der Waals surface area (Å²) in [6, 6.07) is 13.1. The van der Waals surface area contributed by atoms with Gasteiger partial charge in [0.05, 0.1) is 24.3 Å². The second-order valence-electron chi connectivity index (χ2n) is 9.93. The lowest BCUT2D eigenvalue weighted by molar-refractivity contribution is -0.139. The Morgan fingerprint density at radius 1 is 1.05 bits per heavy atom. The van der Waals surface area contributed by atoms with Crippen molar-refractivity contribution in [3.63, 3.8) is 0 Å². The molecule has 2 amide bonds. The smallest absolute Gasteiger partial charge is 0.338 e. The number of carbonyl (C=O) groups excluding carboxylic acids is 2. The Balaban J connectivity index is 1.55. The highest BCUT2D eigenvalue weighted by molar-refractivity contribution is 5.95. The molecule has 2 N–H and O–H groups in total. The number of aryl methyl sites for hydroxylation is 2. The van der Waals surface area contributed by atoms with Crippen molar-refractivity contribution in [2.75, 3.05) is 44.2 Å². The van der Waals surface area contributed by atoms with E-state index in [1.165, 1.54) is 16.8 Å². The Kier molecular flexibility index (Phi) is 8.38. The number of anilines is 1. The summed E-state index contributed by atoms with van der Waals surface area (Å²) < 4.78 is 11.2. The van der Waals surface area contributed by atoms with E-state index in [1.807, 2.05) is 38.1 Å². The van der Waals surface area contributed by atoms with Crippen molar-refractivity contribution in [1.82, 2.24) is 15.5 Å². The van der Waals surface area contributed by atoms with Gasteiger partial charge in [-0.1, -0.05) is 24.3 Å². The van der Waals surface area contributed by atoms with E-state index in [2.05, 4.69) is 52.5 Å². The van der Waals surface area contributed by atoms with E-state index < -0.39 is 12.0 Å². The number of nitrogens with one attached hydrogen (secondary N) is 2. The van der Waals surface area contributed by atoms with Crippen LogP contribution in [-0.2, 0) is 9.53 Å². The van der Waals surface area contributed by atoms with Crippen molar-refractivity contribution in [3.05, 3.63) is 70.4 Å². The maximum atomic E-state index is 13.1. The first-order valence-electron chi connectivity index (χ1n) is 13.0. The number of piperazine rings is 1. The molecule has 1 saturated heterocycles. The normalized spacial score (nSPS) is 18.5. The van der Waals surface area contributed by atoms with E-state index in [-0.39, 0.29) is 18.7 Å². The second-order valence-corrected chi connectivity index (χ2v) is 9.93. The lowest BCUT2D eigenvalue weighted by Gasteiger charge is -2.38. The fourth-order valence-corrected chi connectivity index (χ4v) is 4.88. The first-order chi connectivity index (χ1) is 17.7. The molecule has 8 heteroatoms. The van der Waals surface area contributed by atoms with Crippen molar-refractivity contribution in [2.45, 2.75) is 46.8 Å². The van der Waals surface area contributed by atoms with Crippen LogP contribution in [0.1, 0.15) is 43.5 Å². The first-order valence-corrected chi connectivity index (χ1v) is 13.0. The Morgan fingerprint density at radius 2 is 1.76 bits per heavy atom. The highest BCUT2D eigenvalue weighted by atomic mass is 16.5. The summed E-state index contributed by atoms with van der Waals surface area (Å²) in [5.74, 6) is 0.314. The van der Waals surface area contributed by atoms with Gasteiger partial charge in [-0.05, 0) is 69.5 Å². The molecule has 1 fully saturated rings. The molecule has 2 aliphatic heterocycles. The zero-order valence-corrected chi connectivity index (χ0v) is 22.5. The average molecular weight is 507 g/mol. The van der Waals surface area contributed by atoms with Gasteiger partial charge in [-0.3, -0.25) is 4.90 Å². The Hall–Kier alpha value is -3.52. The summed E-state index contributed by atoms with van der Waals surface area (Å²) in [4.78, 5) is 30.5. The molecule has 0 unspecified atom stereocenters. The molecule has 0 saturated carbocycles. The van der Waals surface area contributed by atoms with Gasteiger partial charge in [-0.15, -0.1) is 0 Å². The van der Waals surface area contributed by atoms with Crippen LogP contribution in [0.2, 0.25) is 0 Å². The third kappa shape index (κ3) is 6.43. The van der Waals surface area contributed by atoms with Gasteiger partial charge in [0, 0.05) is 44.1 Å². The third-order valence-electron chi connectivity index (χ3n) is 6.69. The monoisotopic (exact) mass is 506 g/mol. The SMILES string of the molecule is CCOC(=O)C1=C(CN2CCN(c3cc(C)ccc3C)CC2)NC(=O)N[C@@H]1c1ccc(OC(C)C)cc1. The lowest BCUT2D eigenvalue weighted by Crippen LogP contribution is -2.52. The van der Waals surface area contributed by atoms with Gasteiger partial charge < -0.3 is 25.0 Å². The molecule has 37 heavy (non-hydrogen) atoms. The average Bonchev–Trinajstić information content (AvgIpc) is 2.86. The summed E-state index contributed by atoms with van der Waals surface area (Å²) in [6.07, 6.45) is 0.0568. The second kappa shape index (κ2) is 11.7. The van der Waals surface area contributed by atoms with Crippen molar-refractivity contribution in [1.29, 1.82) is 0 Å². The molecule has 2 aromatic rings. The molecular weight excluding hydrogens is 468 g/mol. The van der Waals surface area contributed by atoms with Gasteiger partial charge in [0.15, 0.2) is 0 Å². The number of ether oxygens (including phenoxy) is 2. The first kappa shape index (κ1) is 26.5. The third-order valence-corrected chi connectivity index (χ3v) is 6.69. The van der Waals surface area contributed by atoms with Crippen LogP contribution < -0.4 is 20.3 Å². The molecule has 1 atom stereocenters. The minimum atomic E-state index is -0.605. The molecule has 8 nitrogen and oxygen atoms in total. The zero-order chi connectivity index (χ0) is 26.5. The van der Waals surface area contributed by atoms with E-state index in [4.69, 9.17) is 9.47 Å². The predicted molar refractivity (Wildman–Crippen MR) is 145 cm³/mol. The number of esters is 1. The standard InChI is InChI=1S/C29H38N4O4/c1-6-36-28(34)26-24(18-32-13-15-33(16-14-32)25-17-20(4)7-8-21(25)5)30-29(35)31-27(26)22-9-11-23(12-10-22)37-19(2)3/h7-12,17,19,27H,6,13-16,18H2,1-5H3,(H2,30,31,35)/t27-/m1/s1. The maximum absolute atomic E-state index is 13.1. The molecular formula is C29H38N4O4. The van der Waals surface area contributed by atoms with Gasteiger partial charge in [0.1, 0.15) is 5.75 Å². The largest absolute Gasteiger partial charge is 0.491 e. The summed E-state index contributed by atoms with van der Waals surface area (Å²) in [6.45, 7) is 14.1. The van der Waals surface area contributed by atoms with Crippen molar-refractivity contribution >= 4 is 17.7 Å². The Bertz CT molecular complexity index is 1150. The number of carbonyl (C=O) groups is 2. The van der Waals surface area contributed by atoms with Crippen molar-refractivity contribution in [2.24, 2.45) is 0 Å². The van der Waals surface area contributed by atoms with E-state index in [0.717, 1.165) is 37.5 Å². The molecule has 2 aromatic carbocycles. The molecule has 198 valence electrons. The number of hydrogen-bond donors (Lipinski definition) is 2. The molecule has 0 aliphatic carbocycles. The van der Waals surface area contributed by atoms with Crippen LogP contribution in [-0.4, -0.2) is 62.3 Å². The molecule has 2 aliphatic rings. The van der Waals surface area contributed by atoms with Gasteiger partial charge >= 0.3 is 12.0 Å². The quantitative estimate of drug-likeness (QED) is 0.525. The van der Waals surface area contributed by atoms with Crippen LogP contribution in [0.25, 0.3) is 0 Å². The minimum Gasteiger partial charge on any atom is -0.491 e. The van der Waals surface area contributed by atoms with Gasteiger partial charge in [-0.25, -0.2) is 9.59 Å². The summed E-state index contributed by atoms with van der Waals surface area (Å²) in [5.41, 5.74) is 5.62. The summed E-state index contributed by atoms with van der Waals surface area (Å²) in [5, 5.41) is 5.81. The molecule has 4 rings (SSSR count). The molecule has 0 aromatic heterocycles. The molecule has 0 radical (unpaired) electrons. The lowest BCUT2D eigenvalue weighted by atomic mass is 9.94. The van der Waals surface area contributed by atoms with Crippen LogP contribution in [0.15, 0.2) is 53.7 Å². The minimum absolute atomic E-state index is 0.0568. The number of urea groups is 1. The van der Waals surface area contributed by atoms with Crippen LogP contribution in [0.5, 0.6) is 5.75 Å². The number of amides is 2. The van der Waals surface area contributed by atoms with E-state index >= 15 is 0 Å². The Labute approximate surface area is 219 Å². The summed E-state index contributed by atoms with van der Waals surface area (Å²) >= 11 is 0. The van der Waals surface area contributed by atoms with E-state index in [0.29, 0.717) is 17.8 Å². The highest BCUT2D eigenvalue weighted by Gasteiger charge is 2.34. The van der Waals surface area contributed by atoms with Crippen LogP contribution in [0, 0.1) is 13.8 Å². The zero-order valence-electron chi connectivity index (χ0n) is 22.5. The molecule has 0 bridgehead atoms. The van der Waals surface area contributed by atoms with E-state index in [9.17, 15) is 9.59 Å². The highest BCUT2D eigenvalue weighted by Crippen LogP contribution is 2.30. The van der Waals surface area contributed by atoms with Crippen molar-refractivity contribution in [3.8, 4) is 5.75 Å². The predicted octanol–water partition coefficient (Wildman–Crippen LogP) is 4.08. The number of hydrogen-bond acceptors (Lipinski definition) is 6. The number of rotatable bonds is 8. The van der Waals surface area contributed by atoms with Gasteiger partial charge in [0.2, 0.25) is 0 Å².